The number of benzene rings is 1. The van der Waals surface area contributed by atoms with Gasteiger partial charge in [0, 0.05) is 24.2 Å². The smallest absolute Gasteiger partial charge is 0.338 e. The van der Waals surface area contributed by atoms with Crippen LogP contribution in [0, 0.1) is 25.7 Å². The Hall–Kier alpha value is -3.62. The number of aromatic nitrogens is 4. The summed E-state index contributed by atoms with van der Waals surface area (Å²) in [6, 6.07) is 7.66. The summed E-state index contributed by atoms with van der Waals surface area (Å²) in [4.78, 5) is 48.0. The number of Topliss-reactive ketones (excluding diaryl/α,β-unsaturated/α-hetero) is 1. The van der Waals surface area contributed by atoms with Crippen molar-refractivity contribution in [3.05, 3.63) is 58.2 Å². The second-order valence-electron chi connectivity index (χ2n) is 11.0. The summed E-state index contributed by atoms with van der Waals surface area (Å²) in [5, 5.41) is 4.50. The zero-order chi connectivity index (χ0) is 27.7. The summed E-state index contributed by atoms with van der Waals surface area (Å²) in [7, 11) is 1.38. The molecular formula is C30H36N4O5. The summed E-state index contributed by atoms with van der Waals surface area (Å²) in [6.07, 6.45) is 6.28. The van der Waals surface area contributed by atoms with E-state index >= 15 is 0 Å². The van der Waals surface area contributed by atoms with Crippen LogP contribution in [0.3, 0.4) is 0 Å². The van der Waals surface area contributed by atoms with Gasteiger partial charge in [0.15, 0.2) is 11.6 Å². The van der Waals surface area contributed by atoms with Crippen molar-refractivity contribution in [3.63, 3.8) is 0 Å². The minimum Gasteiger partial charge on any atom is -0.465 e. The van der Waals surface area contributed by atoms with E-state index in [1.54, 1.807) is 10.6 Å². The SMILES string of the molecule is CCc1cc(CCC2(C3CCCC3)CC(=O)C(Cc3nc4nc(C)cc(C)n4n3)C(=O)O2)ccc1C(=O)OC. The Balaban J connectivity index is 1.35. The van der Waals surface area contributed by atoms with Crippen LogP contribution >= 0.6 is 0 Å². The van der Waals surface area contributed by atoms with Crippen molar-refractivity contribution in [2.75, 3.05) is 7.11 Å². The standard InChI is InChI=1S/C30H36N4O5/c1-5-21-15-20(10-11-23(21)27(36)38-4)12-13-30(22-8-6-7-9-22)17-25(35)24(28(37)39-30)16-26-32-29-31-18(2)14-19(3)34(29)33-26/h10-11,14-15,22,24H,5-9,12-13,16-17H2,1-4H3. The zero-order valence-corrected chi connectivity index (χ0v) is 23.2. The number of ketones is 1. The molecule has 1 aliphatic heterocycles. The maximum atomic E-state index is 13.6. The second kappa shape index (κ2) is 10.9. The lowest BCUT2D eigenvalue weighted by Gasteiger charge is -2.43. The van der Waals surface area contributed by atoms with Crippen molar-refractivity contribution in [2.45, 2.75) is 84.2 Å². The van der Waals surface area contributed by atoms with Crippen molar-refractivity contribution in [2.24, 2.45) is 11.8 Å². The Morgan fingerprint density at radius 2 is 1.92 bits per heavy atom. The molecule has 3 aromatic rings. The van der Waals surface area contributed by atoms with E-state index in [1.165, 1.54) is 7.11 Å². The highest BCUT2D eigenvalue weighted by atomic mass is 16.6. The third-order valence-corrected chi connectivity index (χ3v) is 8.39. The predicted octanol–water partition coefficient (Wildman–Crippen LogP) is 4.33. The highest BCUT2D eigenvalue weighted by Crippen LogP contribution is 2.45. The molecule has 9 nitrogen and oxygen atoms in total. The molecule has 2 aliphatic rings. The summed E-state index contributed by atoms with van der Waals surface area (Å²) < 4.78 is 12.8. The van der Waals surface area contributed by atoms with E-state index in [1.807, 2.05) is 39.0 Å². The van der Waals surface area contributed by atoms with Crippen molar-refractivity contribution >= 4 is 23.5 Å². The molecule has 5 rings (SSSR count). The van der Waals surface area contributed by atoms with E-state index in [-0.39, 0.29) is 30.5 Å². The number of hydrogen-bond acceptors (Lipinski definition) is 8. The van der Waals surface area contributed by atoms with Crippen molar-refractivity contribution in [1.29, 1.82) is 0 Å². The molecule has 0 amide bonds. The van der Waals surface area contributed by atoms with Gasteiger partial charge >= 0.3 is 11.9 Å². The molecule has 0 N–H and O–H groups in total. The summed E-state index contributed by atoms with van der Waals surface area (Å²) >= 11 is 0. The second-order valence-corrected chi connectivity index (χ2v) is 11.0. The maximum absolute atomic E-state index is 13.6. The molecule has 0 radical (unpaired) electrons. The van der Waals surface area contributed by atoms with E-state index in [0.717, 1.165) is 48.2 Å². The van der Waals surface area contributed by atoms with Gasteiger partial charge in [-0.15, -0.1) is 5.10 Å². The Morgan fingerprint density at radius 3 is 2.62 bits per heavy atom. The van der Waals surface area contributed by atoms with E-state index in [2.05, 4.69) is 15.1 Å². The molecule has 2 atom stereocenters. The Bertz CT molecular complexity index is 1400. The first kappa shape index (κ1) is 27.0. The fourth-order valence-corrected chi connectivity index (χ4v) is 6.31. The molecule has 3 heterocycles. The normalized spacial score (nSPS) is 21.9. The van der Waals surface area contributed by atoms with Crippen LogP contribution in [0.5, 0.6) is 0 Å². The van der Waals surface area contributed by atoms with Crippen LogP contribution in [0.2, 0.25) is 0 Å². The molecule has 1 aliphatic carbocycles. The number of carbonyl (C=O) groups is 3. The highest BCUT2D eigenvalue weighted by Gasteiger charge is 2.51. The summed E-state index contributed by atoms with van der Waals surface area (Å²) in [6.45, 7) is 5.81. The van der Waals surface area contributed by atoms with Gasteiger partial charge in [-0.05, 0) is 75.1 Å². The molecule has 2 aromatic heterocycles. The van der Waals surface area contributed by atoms with Crippen molar-refractivity contribution < 1.29 is 23.9 Å². The number of ether oxygens (including phenoxy) is 2. The number of hydrogen-bond donors (Lipinski definition) is 0. The molecule has 9 heteroatoms. The van der Waals surface area contributed by atoms with Gasteiger partial charge in [-0.3, -0.25) is 9.59 Å². The summed E-state index contributed by atoms with van der Waals surface area (Å²) in [5.74, 6) is -0.804. The van der Waals surface area contributed by atoms with Crippen LogP contribution < -0.4 is 0 Å². The Morgan fingerprint density at radius 1 is 1.15 bits per heavy atom. The molecule has 2 unspecified atom stereocenters. The van der Waals surface area contributed by atoms with Gasteiger partial charge in [-0.25, -0.2) is 14.3 Å². The number of cyclic esters (lactones) is 1. The number of aryl methyl sites for hydroxylation is 4. The average molecular weight is 533 g/mol. The predicted molar refractivity (Wildman–Crippen MR) is 143 cm³/mol. The van der Waals surface area contributed by atoms with E-state index in [9.17, 15) is 14.4 Å². The first-order chi connectivity index (χ1) is 18.7. The van der Waals surface area contributed by atoms with Gasteiger partial charge in [0.25, 0.3) is 5.78 Å². The highest BCUT2D eigenvalue weighted by molar-refractivity contribution is 6.01. The van der Waals surface area contributed by atoms with Gasteiger partial charge in [0.2, 0.25) is 0 Å². The molecular weight excluding hydrogens is 496 g/mol. The van der Waals surface area contributed by atoms with Gasteiger partial charge < -0.3 is 9.47 Å². The number of carbonyl (C=O) groups excluding carboxylic acids is 3. The number of methoxy groups -OCH3 is 1. The lowest BCUT2D eigenvalue weighted by atomic mass is 9.73. The topological polar surface area (TPSA) is 113 Å². The van der Waals surface area contributed by atoms with Crippen LogP contribution in [0.25, 0.3) is 5.78 Å². The molecule has 1 aromatic carbocycles. The molecule has 206 valence electrons. The van der Waals surface area contributed by atoms with Crippen LogP contribution in [0.1, 0.15) is 84.1 Å². The molecule has 2 fully saturated rings. The van der Waals surface area contributed by atoms with Crippen LogP contribution in [-0.4, -0.2) is 50.0 Å². The number of fused-ring (bicyclic) bond motifs is 1. The molecule has 1 saturated heterocycles. The van der Waals surface area contributed by atoms with Gasteiger partial charge in [0.1, 0.15) is 11.5 Å². The molecule has 0 spiro atoms. The fourth-order valence-electron chi connectivity index (χ4n) is 6.31. The molecule has 0 bridgehead atoms. The lowest BCUT2D eigenvalue weighted by molar-refractivity contribution is -0.185. The Labute approximate surface area is 228 Å². The third-order valence-electron chi connectivity index (χ3n) is 8.39. The lowest BCUT2D eigenvalue weighted by Crippen LogP contribution is -2.52. The maximum Gasteiger partial charge on any atom is 0.338 e. The first-order valence-electron chi connectivity index (χ1n) is 13.9. The molecule has 1 saturated carbocycles. The average Bonchev–Trinajstić information content (AvgIpc) is 3.60. The Kier molecular flexibility index (Phi) is 7.51. The monoisotopic (exact) mass is 532 g/mol. The van der Waals surface area contributed by atoms with Crippen LogP contribution in [-0.2, 0) is 38.3 Å². The fraction of sp³-hybridized carbons (Fsp3) is 0.533. The zero-order valence-electron chi connectivity index (χ0n) is 23.2. The van der Waals surface area contributed by atoms with E-state index in [0.29, 0.717) is 36.4 Å². The first-order valence-corrected chi connectivity index (χ1v) is 13.9. The summed E-state index contributed by atoms with van der Waals surface area (Å²) in [5.41, 5.74) is 3.45. The minimum absolute atomic E-state index is 0.104. The minimum atomic E-state index is -0.913. The van der Waals surface area contributed by atoms with Gasteiger partial charge in [0.05, 0.1) is 12.7 Å². The van der Waals surface area contributed by atoms with Crippen LogP contribution in [0.4, 0.5) is 0 Å². The molecule has 39 heavy (non-hydrogen) atoms. The quantitative estimate of drug-likeness (QED) is 0.311. The van der Waals surface area contributed by atoms with E-state index in [4.69, 9.17) is 9.47 Å². The number of esters is 2. The van der Waals surface area contributed by atoms with Crippen molar-refractivity contribution in [3.8, 4) is 0 Å². The van der Waals surface area contributed by atoms with Crippen LogP contribution in [0.15, 0.2) is 24.3 Å². The van der Waals surface area contributed by atoms with Gasteiger partial charge in [-0.1, -0.05) is 31.9 Å². The number of rotatable bonds is 8. The van der Waals surface area contributed by atoms with E-state index < -0.39 is 17.5 Å². The largest absolute Gasteiger partial charge is 0.465 e. The number of nitrogens with zero attached hydrogens (tertiary/aromatic N) is 4. The third kappa shape index (κ3) is 5.31. The van der Waals surface area contributed by atoms with Crippen molar-refractivity contribution in [1.82, 2.24) is 19.6 Å². The van der Waals surface area contributed by atoms with Gasteiger partial charge in [-0.2, -0.15) is 4.98 Å².